The van der Waals surface area contributed by atoms with E-state index in [1.807, 2.05) is 15.9 Å². The van der Waals surface area contributed by atoms with E-state index in [2.05, 4.69) is 10.3 Å². The van der Waals surface area contributed by atoms with E-state index in [-0.39, 0.29) is 24.1 Å². The smallest absolute Gasteiger partial charge is 0.257 e. The van der Waals surface area contributed by atoms with E-state index in [9.17, 15) is 14.4 Å². The van der Waals surface area contributed by atoms with Gasteiger partial charge in [-0.1, -0.05) is 0 Å². The van der Waals surface area contributed by atoms with Gasteiger partial charge in [0.15, 0.2) is 0 Å². The van der Waals surface area contributed by atoms with Gasteiger partial charge >= 0.3 is 0 Å². The number of likely N-dealkylation sites (tertiary alicyclic amines) is 1. The molecule has 1 N–H and O–H groups in total. The molecule has 0 bridgehead atoms. The molecule has 3 fully saturated rings. The highest BCUT2D eigenvalue weighted by Gasteiger charge is 2.51. The number of carbonyl (C=O) groups excluding carboxylic acids is 3. The SMILES string of the molecule is O=C1CC2(CCN(c3ncccc3C(=O)N3CCCCC3)C2)C(=O)N1. The fraction of sp³-hybridized carbons (Fsp3) is 0.556. The van der Waals surface area contributed by atoms with Crippen molar-refractivity contribution >= 4 is 23.5 Å². The summed E-state index contributed by atoms with van der Waals surface area (Å²) in [5, 5.41) is 2.41. The van der Waals surface area contributed by atoms with Crippen molar-refractivity contribution < 1.29 is 14.4 Å². The fourth-order valence-electron chi connectivity index (χ4n) is 4.16. The lowest BCUT2D eigenvalue weighted by Crippen LogP contribution is -2.38. The maximum Gasteiger partial charge on any atom is 0.257 e. The number of nitrogens with one attached hydrogen (secondary N) is 1. The lowest BCUT2D eigenvalue weighted by molar-refractivity contribution is -0.127. The van der Waals surface area contributed by atoms with Gasteiger partial charge in [0.1, 0.15) is 5.82 Å². The Bertz CT molecular complexity index is 729. The maximum absolute atomic E-state index is 12.9. The summed E-state index contributed by atoms with van der Waals surface area (Å²) in [5.41, 5.74) is -0.0776. The van der Waals surface area contributed by atoms with Crippen molar-refractivity contribution in [2.24, 2.45) is 5.41 Å². The summed E-state index contributed by atoms with van der Waals surface area (Å²) in [6.07, 6.45) is 5.75. The minimum atomic E-state index is -0.667. The number of nitrogens with zero attached hydrogens (tertiary/aromatic N) is 3. The van der Waals surface area contributed by atoms with E-state index in [0.29, 0.717) is 30.9 Å². The van der Waals surface area contributed by atoms with E-state index in [1.165, 1.54) is 6.42 Å². The van der Waals surface area contributed by atoms with Crippen molar-refractivity contribution in [3.63, 3.8) is 0 Å². The molecule has 4 heterocycles. The molecule has 1 spiro atoms. The first-order chi connectivity index (χ1) is 12.1. The van der Waals surface area contributed by atoms with Gasteiger partial charge in [-0.3, -0.25) is 19.7 Å². The number of hydrogen-bond donors (Lipinski definition) is 1. The Morgan fingerprint density at radius 2 is 1.96 bits per heavy atom. The number of hydrogen-bond acceptors (Lipinski definition) is 5. The largest absolute Gasteiger partial charge is 0.355 e. The van der Waals surface area contributed by atoms with E-state index >= 15 is 0 Å². The topological polar surface area (TPSA) is 82.6 Å². The molecule has 7 heteroatoms. The third-order valence-corrected chi connectivity index (χ3v) is 5.55. The van der Waals surface area contributed by atoms with E-state index in [4.69, 9.17) is 0 Å². The first-order valence-corrected chi connectivity index (χ1v) is 8.93. The van der Waals surface area contributed by atoms with Crippen LogP contribution in [0.15, 0.2) is 18.3 Å². The normalized spacial score (nSPS) is 26.4. The Kier molecular flexibility index (Phi) is 3.94. The summed E-state index contributed by atoms with van der Waals surface area (Å²) >= 11 is 0. The van der Waals surface area contributed by atoms with Gasteiger partial charge in [0.05, 0.1) is 11.0 Å². The minimum absolute atomic E-state index is 0.00991. The van der Waals surface area contributed by atoms with E-state index < -0.39 is 5.41 Å². The van der Waals surface area contributed by atoms with E-state index in [0.717, 1.165) is 25.9 Å². The Hall–Kier alpha value is -2.44. The van der Waals surface area contributed by atoms with Gasteiger partial charge in [-0.25, -0.2) is 4.98 Å². The molecular formula is C18H22N4O3. The van der Waals surface area contributed by atoms with Gasteiger partial charge in [-0.15, -0.1) is 0 Å². The molecule has 1 aromatic heterocycles. The highest BCUT2D eigenvalue weighted by Crippen LogP contribution is 2.39. The standard InChI is InChI=1S/C18H22N4O3/c23-14-11-18(17(25)20-14)6-10-22(12-18)15-13(5-4-7-19-15)16(24)21-8-2-1-3-9-21/h4-5,7H,1-3,6,8-12H2,(H,20,23,25). The summed E-state index contributed by atoms with van der Waals surface area (Å²) in [5.74, 6) is 0.232. The van der Waals surface area contributed by atoms with E-state index in [1.54, 1.807) is 12.3 Å². The van der Waals surface area contributed by atoms with Gasteiger partial charge in [0, 0.05) is 38.8 Å². The van der Waals surface area contributed by atoms with Gasteiger partial charge in [0.25, 0.3) is 5.91 Å². The lowest BCUT2D eigenvalue weighted by atomic mass is 9.85. The molecule has 0 aliphatic carbocycles. The predicted octanol–water partition coefficient (Wildman–Crippen LogP) is 0.951. The van der Waals surface area contributed by atoms with Crippen molar-refractivity contribution in [3.05, 3.63) is 23.9 Å². The van der Waals surface area contributed by atoms with Crippen LogP contribution in [0.5, 0.6) is 0 Å². The van der Waals surface area contributed by atoms with Crippen LogP contribution >= 0.6 is 0 Å². The highest BCUT2D eigenvalue weighted by molar-refractivity contribution is 6.06. The molecule has 132 valence electrons. The first kappa shape index (κ1) is 16.1. The van der Waals surface area contributed by atoms with Crippen molar-refractivity contribution in [2.45, 2.75) is 32.1 Å². The quantitative estimate of drug-likeness (QED) is 0.809. The second-order valence-corrected chi connectivity index (χ2v) is 7.23. The summed E-state index contributed by atoms with van der Waals surface area (Å²) in [6, 6.07) is 3.59. The summed E-state index contributed by atoms with van der Waals surface area (Å²) < 4.78 is 0. The molecule has 0 radical (unpaired) electrons. The monoisotopic (exact) mass is 342 g/mol. The van der Waals surface area contributed by atoms with Gasteiger partial charge in [-0.2, -0.15) is 0 Å². The van der Waals surface area contributed by atoms with Gasteiger partial charge in [0.2, 0.25) is 11.8 Å². The molecule has 1 atom stereocenters. The predicted molar refractivity (Wildman–Crippen MR) is 91.0 cm³/mol. The van der Waals surface area contributed by atoms with Crippen molar-refractivity contribution in [1.29, 1.82) is 0 Å². The van der Waals surface area contributed by atoms with Crippen molar-refractivity contribution in [1.82, 2.24) is 15.2 Å². The number of carbonyl (C=O) groups is 3. The number of imide groups is 1. The Balaban J connectivity index is 1.58. The molecular weight excluding hydrogens is 320 g/mol. The van der Waals surface area contributed by atoms with Crippen molar-refractivity contribution in [3.8, 4) is 0 Å². The molecule has 25 heavy (non-hydrogen) atoms. The fourth-order valence-corrected chi connectivity index (χ4v) is 4.16. The number of pyridine rings is 1. The number of rotatable bonds is 2. The third kappa shape index (κ3) is 2.77. The van der Waals surface area contributed by atoms with Crippen LogP contribution in [-0.2, 0) is 9.59 Å². The molecule has 0 aromatic carbocycles. The average molecular weight is 342 g/mol. The molecule has 1 unspecified atom stereocenters. The Labute approximate surface area is 146 Å². The van der Waals surface area contributed by atoms with Crippen LogP contribution in [0.3, 0.4) is 0 Å². The molecule has 0 saturated carbocycles. The summed E-state index contributed by atoms with van der Waals surface area (Å²) in [6.45, 7) is 2.63. The molecule has 7 nitrogen and oxygen atoms in total. The molecule has 3 aliphatic rings. The lowest BCUT2D eigenvalue weighted by Gasteiger charge is -2.29. The minimum Gasteiger partial charge on any atom is -0.355 e. The van der Waals surface area contributed by atoms with Crippen molar-refractivity contribution in [2.75, 3.05) is 31.1 Å². The zero-order valence-electron chi connectivity index (χ0n) is 14.2. The molecule has 4 rings (SSSR count). The number of aromatic nitrogens is 1. The molecule has 1 aromatic rings. The first-order valence-electron chi connectivity index (χ1n) is 8.93. The highest BCUT2D eigenvalue weighted by atomic mass is 16.2. The Morgan fingerprint density at radius 3 is 2.68 bits per heavy atom. The number of piperidine rings is 1. The second-order valence-electron chi connectivity index (χ2n) is 7.23. The zero-order chi connectivity index (χ0) is 17.4. The summed E-state index contributed by atoms with van der Waals surface area (Å²) in [7, 11) is 0. The van der Waals surface area contributed by atoms with Crippen LogP contribution in [0.2, 0.25) is 0 Å². The molecule has 3 saturated heterocycles. The summed E-state index contributed by atoms with van der Waals surface area (Å²) in [4.78, 5) is 45.1. The average Bonchev–Trinajstić information content (AvgIpc) is 3.18. The van der Waals surface area contributed by atoms with Crippen LogP contribution in [0.1, 0.15) is 42.5 Å². The third-order valence-electron chi connectivity index (χ3n) is 5.55. The second kappa shape index (κ2) is 6.13. The van der Waals surface area contributed by atoms with Crippen LogP contribution in [0, 0.1) is 5.41 Å². The van der Waals surface area contributed by atoms with Crippen LogP contribution in [-0.4, -0.2) is 53.8 Å². The van der Waals surface area contributed by atoms with Gasteiger partial charge in [-0.05, 0) is 37.8 Å². The van der Waals surface area contributed by atoms with Crippen LogP contribution in [0.25, 0.3) is 0 Å². The Morgan fingerprint density at radius 1 is 1.16 bits per heavy atom. The zero-order valence-corrected chi connectivity index (χ0v) is 14.2. The number of amides is 3. The molecule has 3 aliphatic heterocycles. The maximum atomic E-state index is 12.9. The van der Waals surface area contributed by atoms with Crippen LogP contribution < -0.4 is 10.2 Å². The van der Waals surface area contributed by atoms with Gasteiger partial charge < -0.3 is 9.80 Å². The van der Waals surface area contributed by atoms with Crippen LogP contribution in [0.4, 0.5) is 5.82 Å². The number of anilines is 1. The molecule has 3 amide bonds.